The minimum Gasteiger partial charge on any atom is -0.300 e. The molecule has 0 spiro atoms. The van der Waals surface area contributed by atoms with Crippen LogP contribution in [0.3, 0.4) is 0 Å². The molecular weight excluding hydrogens is 208 g/mol. The molecule has 1 aromatic carbocycles. The molecule has 90 valence electrons. The van der Waals surface area contributed by atoms with Crippen LogP contribution < -0.4 is 0 Å². The normalized spacial score (nSPS) is 13.4. The first-order chi connectivity index (χ1) is 8.27. The molecule has 1 aliphatic rings. The molecular formula is C16H20O. The summed E-state index contributed by atoms with van der Waals surface area (Å²) < 4.78 is 0. The lowest BCUT2D eigenvalue weighted by Gasteiger charge is -2.05. The number of hydrogen-bond acceptors (Lipinski definition) is 1. The Hall–Kier alpha value is -1.37. The molecule has 1 nitrogen and oxygen atoms in total. The van der Waals surface area contributed by atoms with E-state index in [1.807, 2.05) is 0 Å². The highest BCUT2D eigenvalue weighted by atomic mass is 16.1. The van der Waals surface area contributed by atoms with Crippen molar-refractivity contribution in [2.24, 2.45) is 0 Å². The van der Waals surface area contributed by atoms with Gasteiger partial charge in [0.2, 0.25) is 0 Å². The Morgan fingerprint density at radius 2 is 2.00 bits per heavy atom. The molecule has 0 amide bonds. The van der Waals surface area contributed by atoms with Crippen molar-refractivity contribution in [1.82, 2.24) is 0 Å². The molecule has 0 atom stereocenters. The number of ketones is 1. The third-order valence-corrected chi connectivity index (χ3v) is 3.41. The standard InChI is InChI=1S/C16H20O/c1-13(17)7-3-2-4-8-14-11-12-15-9-5-6-10-16(14)15/h5-6,9-11H,2-4,7-8,12H2,1H3. The Morgan fingerprint density at radius 3 is 2.82 bits per heavy atom. The summed E-state index contributed by atoms with van der Waals surface area (Å²) in [6.07, 6.45) is 8.77. The summed E-state index contributed by atoms with van der Waals surface area (Å²) in [5, 5.41) is 0. The van der Waals surface area contributed by atoms with E-state index in [9.17, 15) is 4.79 Å². The molecule has 0 N–H and O–H groups in total. The predicted octanol–water partition coefficient (Wildman–Crippen LogP) is 4.17. The highest BCUT2D eigenvalue weighted by molar-refractivity contribution is 5.75. The van der Waals surface area contributed by atoms with Gasteiger partial charge >= 0.3 is 0 Å². The van der Waals surface area contributed by atoms with Gasteiger partial charge in [-0.1, -0.05) is 36.8 Å². The Bertz CT molecular complexity index is 429. The zero-order valence-corrected chi connectivity index (χ0v) is 10.5. The molecule has 0 unspecified atom stereocenters. The SMILES string of the molecule is CC(=O)CCCCCC1=CCc2ccccc21. The van der Waals surface area contributed by atoms with Gasteiger partial charge in [-0.2, -0.15) is 0 Å². The number of unbranched alkanes of at least 4 members (excludes halogenated alkanes) is 2. The van der Waals surface area contributed by atoms with Crippen LogP contribution in [0.25, 0.3) is 5.57 Å². The fourth-order valence-electron chi connectivity index (χ4n) is 2.46. The Morgan fingerprint density at radius 1 is 1.18 bits per heavy atom. The van der Waals surface area contributed by atoms with Crippen molar-refractivity contribution in [1.29, 1.82) is 0 Å². The third-order valence-electron chi connectivity index (χ3n) is 3.41. The van der Waals surface area contributed by atoms with E-state index in [2.05, 4.69) is 30.3 Å². The monoisotopic (exact) mass is 228 g/mol. The lowest BCUT2D eigenvalue weighted by atomic mass is 10.0. The average Bonchev–Trinajstić information content (AvgIpc) is 2.72. The molecule has 0 fully saturated rings. The van der Waals surface area contributed by atoms with Crippen LogP contribution in [-0.2, 0) is 11.2 Å². The fourth-order valence-corrected chi connectivity index (χ4v) is 2.46. The molecule has 17 heavy (non-hydrogen) atoms. The Balaban J connectivity index is 1.76. The van der Waals surface area contributed by atoms with Crippen LogP contribution in [0.4, 0.5) is 0 Å². The maximum absolute atomic E-state index is 10.8. The summed E-state index contributed by atoms with van der Waals surface area (Å²) in [4.78, 5) is 10.8. The number of fused-ring (bicyclic) bond motifs is 1. The molecule has 1 aromatic rings. The number of rotatable bonds is 6. The van der Waals surface area contributed by atoms with E-state index in [1.54, 1.807) is 6.92 Å². The predicted molar refractivity (Wildman–Crippen MR) is 71.9 cm³/mol. The first kappa shape index (κ1) is 12.1. The van der Waals surface area contributed by atoms with Crippen LogP contribution in [0.15, 0.2) is 30.3 Å². The van der Waals surface area contributed by atoms with Gasteiger partial charge in [-0.3, -0.25) is 0 Å². The number of allylic oxidation sites excluding steroid dienone is 2. The number of carbonyl (C=O) groups is 1. The number of Topliss-reactive ketones (excluding diaryl/α,β-unsaturated/α-hetero) is 1. The Kier molecular flexibility index (Phi) is 4.13. The van der Waals surface area contributed by atoms with Gasteiger partial charge in [-0.25, -0.2) is 0 Å². The largest absolute Gasteiger partial charge is 0.300 e. The highest BCUT2D eigenvalue weighted by Crippen LogP contribution is 2.30. The maximum atomic E-state index is 10.8. The smallest absolute Gasteiger partial charge is 0.129 e. The van der Waals surface area contributed by atoms with Crippen molar-refractivity contribution >= 4 is 11.4 Å². The Labute approximate surface area is 104 Å². The molecule has 0 bridgehead atoms. The fraction of sp³-hybridized carbons (Fsp3) is 0.438. The third kappa shape index (κ3) is 3.29. The van der Waals surface area contributed by atoms with E-state index in [0.717, 1.165) is 25.7 Å². The maximum Gasteiger partial charge on any atom is 0.129 e. The first-order valence-electron chi connectivity index (χ1n) is 6.54. The van der Waals surface area contributed by atoms with Crippen molar-refractivity contribution in [2.45, 2.75) is 45.4 Å². The van der Waals surface area contributed by atoms with Crippen LogP contribution in [-0.4, -0.2) is 5.78 Å². The van der Waals surface area contributed by atoms with Crippen molar-refractivity contribution in [2.75, 3.05) is 0 Å². The van der Waals surface area contributed by atoms with Gasteiger partial charge in [0, 0.05) is 6.42 Å². The topological polar surface area (TPSA) is 17.1 Å². The molecule has 0 radical (unpaired) electrons. The van der Waals surface area contributed by atoms with Crippen molar-refractivity contribution in [3.05, 3.63) is 41.5 Å². The average molecular weight is 228 g/mol. The van der Waals surface area contributed by atoms with E-state index in [-0.39, 0.29) is 0 Å². The number of benzene rings is 1. The van der Waals surface area contributed by atoms with Crippen LogP contribution in [0.1, 0.15) is 50.2 Å². The van der Waals surface area contributed by atoms with Crippen LogP contribution >= 0.6 is 0 Å². The quantitative estimate of drug-likeness (QED) is 0.668. The molecule has 0 aromatic heterocycles. The van der Waals surface area contributed by atoms with Gasteiger partial charge in [0.25, 0.3) is 0 Å². The second-order valence-electron chi connectivity index (χ2n) is 4.85. The van der Waals surface area contributed by atoms with Gasteiger partial charge in [-0.15, -0.1) is 0 Å². The molecule has 0 saturated carbocycles. The van der Waals surface area contributed by atoms with E-state index >= 15 is 0 Å². The lowest BCUT2D eigenvalue weighted by molar-refractivity contribution is -0.117. The van der Waals surface area contributed by atoms with Crippen LogP contribution in [0, 0.1) is 0 Å². The summed E-state index contributed by atoms with van der Waals surface area (Å²) in [5.74, 6) is 0.315. The minimum atomic E-state index is 0.315. The van der Waals surface area contributed by atoms with Crippen molar-refractivity contribution in [3.63, 3.8) is 0 Å². The van der Waals surface area contributed by atoms with Gasteiger partial charge in [-0.05, 0) is 49.3 Å². The zero-order valence-electron chi connectivity index (χ0n) is 10.5. The van der Waals surface area contributed by atoms with Gasteiger partial charge in [0.05, 0.1) is 0 Å². The molecule has 0 heterocycles. The van der Waals surface area contributed by atoms with E-state index < -0.39 is 0 Å². The van der Waals surface area contributed by atoms with Crippen molar-refractivity contribution in [3.8, 4) is 0 Å². The minimum absolute atomic E-state index is 0.315. The molecule has 0 aliphatic heterocycles. The summed E-state index contributed by atoms with van der Waals surface area (Å²) in [5.41, 5.74) is 4.41. The zero-order chi connectivity index (χ0) is 12.1. The number of hydrogen-bond donors (Lipinski definition) is 0. The van der Waals surface area contributed by atoms with Gasteiger partial charge in [0.15, 0.2) is 0 Å². The van der Waals surface area contributed by atoms with E-state index in [0.29, 0.717) is 5.78 Å². The van der Waals surface area contributed by atoms with Gasteiger partial charge in [0.1, 0.15) is 5.78 Å². The second-order valence-corrected chi connectivity index (χ2v) is 4.85. The number of carbonyl (C=O) groups excluding carboxylic acids is 1. The molecule has 0 saturated heterocycles. The van der Waals surface area contributed by atoms with Gasteiger partial charge < -0.3 is 4.79 Å². The van der Waals surface area contributed by atoms with Crippen molar-refractivity contribution < 1.29 is 4.79 Å². The summed E-state index contributed by atoms with van der Waals surface area (Å²) in [6, 6.07) is 8.68. The van der Waals surface area contributed by atoms with E-state index in [4.69, 9.17) is 0 Å². The summed E-state index contributed by atoms with van der Waals surface area (Å²) in [7, 11) is 0. The summed E-state index contributed by atoms with van der Waals surface area (Å²) in [6.45, 7) is 1.68. The molecule has 1 heteroatoms. The van der Waals surface area contributed by atoms with Crippen LogP contribution in [0.5, 0.6) is 0 Å². The first-order valence-corrected chi connectivity index (χ1v) is 6.54. The molecule has 2 rings (SSSR count). The van der Waals surface area contributed by atoms with E-state index in [1.165, 1.54) is 29.5 Å². The lowest BCUT2D eigenvalue weighted by Crippen LogP contribution is -1.90. The highest BCUT2D eigenvalue weighted by Gasteiger charge is 2.12. The second kappa shape index (κ2) is 5.81. The summed E-state index contributed by atoms with van der Waals surface area (Å²) >= 11 is 0. The van der Waals surface area contributed by atoms with Crippen LogP contribution in [0.2, 0.25) is 0 Å². The molecule has 1 aliphatic carbocycles.